The molecular formula is C20H21N5O3S. The van der Waals surface area contributed by atoms with Crippen LogP contribution in [0.4, 0.5) is 0 Å². The van der Waals surface area contributed by atoms with Crippen molar-refractivity contribution in [1.29, 1.82) is 0 Å². The first kappa shape index (κ1) is 19.3. The highest BCUT2D eigenvalue weighted by atomic mass is 32.1. The van der Waals surface area contributed by atoms with Crippen molar-refractivity contribution in [2.75, 3.05) is 6.54 Å². The lowest BCUT2D eigenvalue weighted by Crippen LogP contribution is -2.37. The molecule has 0 aromatic carbocycles. The fraction of sp³-hybridized carbons (Fsp3) is 0.350. The van der Waals surface area contributed by atoms with E-state index >= 15 is 0 Å². The van der Waals surface area contributed by atoms with Gasteiger partial charge in [0.1, 0.15) is 5.69 Å². The van der Waals surface area contributed by atoms with Crippen LogP contribution in [0.25, 0.3) is 0 Å². The fourth-order valence-corrected chi connectivity index (χ4v) is 4.30. The van der Waals surface area contributed by atoms with Crippen LogP contribution in [-0.4, -0.2) is 38.6 Å². The predicted octanol–water partition coefficient (Wildman–Crippen LogP) is 2.58. The van der Waals surface area contributed by atoms with Crippen molar-refractivity contribution in [3.05, 3.63) is 61.9 Å². The van der Waals surface area contributed by atoms with Gasteiger partial charge in [-0.15, -0.1) is 11.3 Å². The second-order valence-electron chi connectivity index (χ2n) is 7.09. The summed E-state index contributed by atoms with van der Waals surface area (Å²) in [6.45, 7) is 7.04. The summed E-state index contributed by atoms with van der Waals surface area (Å²) in [5.41, 5.74) is 4.78. The van der Waals surface area contributed by atoms with E-state index in [1.807, 2.05) is 32.2 Å². The monoisotopic (exact) mass is 411 g/mol. The van der Waals surface area contributed by atoms with Gasteiger partial charge >= 0.3 is 0 Å². The number of hydrogen-bond acceptors (Lipinski definition) is 7. The molecule has 150 valence electrons. The highest BCUT2D eigenvalue weighted by Crippen LogP contribution is 2.25. The Morgan fingerprint density at radius 1 is 1.21 bits per heavy atom. The number of hydrogen-bond donors (Lipinski definition) is 1. The summed E-state index contributed by atoms with van der Waals surface area (Å²) in [6, 6.07) is 3.78. The number of nitrogens with zero attached hydrogens (tertiary/aromatic N) is 4. The predicted molar refractivity (Wildman–Crippen MR) is 107 cm³/mol. The van der Waals surface area contributed by atoms with E-state index in [2.05, 4.69) is 25.2 Å². The lowest BCUT2D eigenvalue weighted by atomic mass is 9.94. The van der Waals surface area contributed by atoms with Crippen molar-refractivity contribution in [3.63, 3.8) is 0 Å². The molecule has 1 aliphatic heterocycles. The largest absolute Gasteiger partial charge is 0.347 e. The lowest BCUT2D eigenvalue weighted by molar-refractivity contribution is 0.0722. The lowest BCUT2D eigenvalue weighted by Gasteiger charge is -2.30. The Morgan fingerprint density at radius 3 is 2.72 bits per heavy atom. The van der Waals surface area contributed by atoms with Gasteiger partial charge in [-0.25, -0.2) is 4.63 Å². The SMILES string of the molecule is Cc1ccc(C(=O)NCc2c(C)ncc3c2CCN(C(=O)c2nonc2C)C3)s1. The maximum atomic E-state index is 12.7. The summed E-state index contributed by atoms with van der Waals surface area (Å²) in [7, 11) is 0. The Morgan fingerprint density at radius 2 is 2.03 bits per heavy atom. The zero-order valence-electron chi connectivity index (χ0n) is 16.5. The molecule has 3 aromatic rings. The second-order valence-corrected chi connectivity index (χ2v) is 8.38. The number of pyridine rings is 1. The normalized spacial score (nSPS) is 13.3. The van der Waals surface area contributed by atoms with Crippen LogP contribution in [0, 0.1) is 20.8 Å². The third-order valence-corrected chi connectivity index (χ3v) is 6.13. The van der Waals surface area contributed by atoms with Gasteiger partial charge in [-0.2, -0.15) is 0 Å². The molecule has 0 radical (unpaired) electrons. The van der Waals surface area contributed by atoms with Crippen molar-refractivity contribution in [3.8, 4) is 0 Å². The molecule has 0 atom stereocenters. The van der Waals surface area contributed by atoms with Crippen LogP contribution in [0.1, 0.15) is 53.1 Å². The molecule has 0 bridgehead atoms. The molecule has 2 amide bonds. The van der Waals surface area contributed by atoms with Crippen molar-refractivity contribution < 1.29 is 14.2 Å². The van der Waals surface area contributed by atoms with Gasteiger partial charge in [0.15, 0.2) is 5.69 Å². The molecule has 1 aliphatic rings. The van der Waals surface area contributed by atoms with E-state index < -0.39 is 0 Å². The van der Waals surface area contributed by atoms with E-state index in [9.17, 15) is 9.59 Å². The maximum Gasteiger partial charge on any atom is 0.278 e. The highest BCUT2D eigenvalue weighted by molar-refractivity contribution is 7.13. The third-order valence-electron chi connectivity index (χ3n) is 5.13. The summed E-state index contributed by atoms with van der Waals surface area (Å²) in [6.07, 6.45) is 2.50. The number of thiophene rings is 1. The van der Waals surface area contributed by atoms with Crippen LogP contribution in [-0.2, 0) is 19.5 Å². The minimum absolute atomic E-state index is 0.0817. The zero-order chi connectivity index (χ0) is 20.5. The molecule has 0 saturated heterocycles. The van der Waals surface area contributed by atoms with E-state index in [4.69, 9.17) is 0 Å². The van der Waals surface area contributed by atoms with E-state index in [1.165, 1.54) is 11.3 Å². The van der Waals surface area contributed by atoms with Gasteiger partial charge in [0.25, 0.3) is 11.8 Å². The minimum Gasteiger partial charge on any atom is -0.347 e. The molecule has 0 spiro atoms. The number of nitrogens with one attached hydrogen (secondary N) is 1. The van der Waals surface area contributed by atoms with Crippen molar-refractivity contribution in [2.24, 2.45) is 0 Å². The summed E-state index contributed by atoms with van der Waals surface area (Å²) in [5.74, 6) is -0.278. The number of aromatic nitrogens is 3. The van der Waals surface area contributed by atoms with Crippen LogP contribution in [0.15, 0.2) is 23.0 Å². The topological polar surface area (TPSA) is 101 Å². The van der Waals surface area contributed by atoms with Crippen molar-refractivity contribution in [1.82, 2.24) is 25.5 Å². The fourth-order valence-electron chi connectivity index (χ4n) is 3.52. The molecule has 0 fully saturated rings. The number of aryl methyl sites for hydroxylation is 3. The molecule has 4 heterocycles. The van der Waals surface area contributed by atoms with Crippen LogP contribution in [0.2, 0.25) is 0 Å². The van der Waals surface area contributed by atoms with Gasteiger partial charge in [0.2, 0.25) is 0 Å². The molecule has 4 rings (SSSR count). The smallest absolute Gasteiger partial charge is 0.278 e. The summed E-state index contributed by atoms with van der Waals surface area (Å²) in [4.78, 5) is 33.1. The number of carbonyl (C=O) groups is 2. The molecule has 0 saturated carbocycles. The standard InChI is InChI=1S/C20H21N5O3S/c1-11-4-5-17(29-11)19(26)22-9-16-12(2)21-8-14-10-25(7-6-15(14)16)20(27)18-13(3)23-28-24-18/h4-5,8H,6-7,9-10H2,1-3H3,(H,22,26). The van der Waals surface area contributed by atoms with E-state index in [1.54, 1.807) is 11.8 Å². The van der Waals surface area contributed by atoms with Crippen LogP contribution >= 0.6 is 11.3 Å². The van der Waals surface area contributed by atoms with E-state index in [0.29, 0.717) is 36.6 Å². The molecular weight excluding hydrogens is 390 g/mol. The first-order valence-corrected chi connectivity index (χ1v) is 10.1. The third kappa shape index (κ3) is 3.77. The Hall–Kier alpha value is -3.07. The quantitative estimate of drug-likeness (QED) is 0.708. The number of rotatable bonds is 4. The average Bonchev–Trinajstić information content (AvgIpc) is 3.34. The summed E-state index contributed by atoms with van der Waals surface area (Å²) < 4.78 is 4.65. The van der Waals surface area contributed by atoms with E-state index in [0.717, 1.165) is 27.3 Å². The Balaban J connectivity index is 1.51. The number of amides is 2. The molecule has 0 aliphatic carbocycles. The van der Waals surface area contributed by atoms with Crippen molar-refractivity contribution >= 4 is 23.2 Å². The van der Waals surface area contributed by atoms with Crippen LogP contribution in [0.5, 0.6) is 0 Å². The molecule has 29 heavy (non-hydrogen) atoms. The highest BCUT2D eigenvalue weighted by Gasteiger charge is 2.27. The van der Waals surface area contributed by atoms with Crippen LogP contribution in [0.3, 0.4) is 0 Å². The van der Waals surface area contributed by atoms with Gasteiger partial charge in [0.05, 0.1) is 4.88 Å². The Kier molecular flexibility index (Phi) is 5.14. The van der Waals surface area contributed by atoms with Gasteiger partial charge in [-0.3, -0.25) is 14.6 Å². The molecule has 1 N–H and O–H groups in total. The minimum atomic E-state index is -0.196. The Labute approximate surface area is 171 Å². The second kappa shape index (κ2) is 7.75. The summed E-state index contributed by atoms with van der Waals surface area (Å²) >= 11 is 1.48. The number of carbonyl (C=O) groups excluding carboxylic acids is 2. The first-order chi connectivity index (χ1) is 13.9. The molecule has 3 aromatic heterocycles. The van der Waals surface area contributed by atoms with Gasteiger partial charge in [-0.1, -0.05) is 5.16 Å². The average molecular weight is 411 g/mol. The van der Waals surface area contributed by atoms with Gasteiger partial charge < -0.3 is 10.2 Å². The maximum absolute atomic E-state index is 12.7. The van der Waals surface area contributed by atoms with Crippen LogP contribution < -0.4 is 5.32 Å². The summed E-state index contributed by atoms with van der Waals surface area (Å²) in [5, 5.41) is 10.4. The van der Waals surface area contributed by atoms with Gasteiger partial charge in [-0.05, 0) is 61.2 Å². The first-order valence-electron chi connectivity index (χ1n) is 9.33. The van der Waals surface area contributed by atoms with Gasteiger partial charge in [0, 0.05) is 36.4 Å². The molecule has 9 heteroatoms. The number of fused-ring (bicyclic) bond motifs is 1. The zero-order valence-corrected chi connectivity index (χ0v) is 17.3. The van der Waals surface area contributed by atoms with Crippen molar-refractivity contribution in [2.45, 2.75) is 40.3 Å². The molecule has 0 unspecified atom stereocenters. The molecule has 8 nitrogen and oxygen atoms in total. The Bertz CT molecular complexity index is 1090. The van der Waals surface area contributed by atoms with E-state index in [-0.39, 0.29) is 17.5 Å².